The summed E-state index contributed by atoms with van der Waals surface area (Å²) in [5, 5.41) is 18.3. The van der Waals surface area contributed by atoms with Crippen molar-refractivity contribution in [3.05, 3.63) is 46.7 Å². The molecule has 2 unspecified atom stereocenters. The molecule has 0 bridgehead atoms. The fourth-order valence-electron chi connectivity index (χ4n) is 1.92. The van der Waals surface area contributed by atoms with Gasteiger partial charge in [0, 0.05) is 11.9 Å². The van der Waals surface area contributed by atoms with Gasteiger partial charge < -0.3 is 15.7 Å². The molecule has 0 aliphatic carbocycles. The zero-order valence-electron chi connectivity index (χ0n) is 12.3. The summed E-state index contributed by atoms with van der Waals surface area (Å²) >= 11 is 1.35. The minimum atomic E-state index is -0.920. The van der Waals surface area contributed by atoms with E-state index >= 15 is 0 Å². The Morgan fingerprint density at radius 1 is 1.41 bits per heavy atom. The van der Waals surface area contributed by atoms with Gasteiger partial charge in [-0.1, -0.05) is 12.1 Å². The molecule has 1 aromatic carbocycles. The number of carbonyl (C=O) groups excluding carboxylic acids is 1. The molecule has 0 aliphatic heterocycles. The van der Waals surface area contributed by atoms with Gasteiger partial charge in [-0.2, -0.15) is 0 Å². The quantitative estimate of drug-likeness (QED) is 0.764. The number of nitrogens with one attached hydrogen (secondary N) is 2. The van der Waals surface area contributed by atoms with E-state index in [2.05, 4.69) is 15.6 Å². The van der Waals surface area contributed by atoms with E-state index in [1.54, 1.807) is 12.3 Å². The van der Waals surface area contributed by atoms with Crippen LogP contribution in [-0.4, -0.2) is 28.6 Å². The number of hydrogen-bond donors (Lipinski definition) is 3. The van der Waals surface area contributed by atoms with Crippen LogP contribution in [0.25, 0.3) is 0 Å². The average Bonchev–Trinajstić information content (AvgIpc) is 2.96. The Bertz CT molecular complexity index is 630. The van der Waals surface area contributed by atoms with Crippen LogP contribution in [0.3, 0.4) is 0 Å². The number of carbonyl (C=O) groups is 1. The zero-order chi connectivity index (χ0) is 16.1. The summed E-state index contributed by atoms with van der Waals surface area (Å²) in [4.78, 5) is 16.3. The molecule has 3 N–H and O–H groups in total. The highest BCUT2D eigenvalue weighted by Crippen LogP contribution is 2.19. The maximum atomic E-state index is 12.9. The summed E-state index contributed by atoms with van der Waals surface area (Å²) in [6.45, 7) is 4.36. The van der Waals surface area contributed by atoms with Gasteiger partial charge in [0.15, 0.2) is 5.13 Å². The maximum absolute atomic E-state index is 12.9. The Morgan fingerprint density at radius 2 is 2.09 bits per heavy atom. The van der Waals surface area contributed by atoms with Crippen LogP contribution >= 0.6 is 11.3 Å². The number of aromatic nitrogens is 1. The highest BCUT2D eigenvalue weighted by Gasteiger charge is 2.20. The number of benzene rings is 1. The van der Waals surface area contributed by atoms with Crippen molar-refractivity contribution in [2.24, 2.45) is 0 Å². The van der Waals surface area contributed by atoms with Gasteiger partial charge in [0.05, 0.1) is 12.1 Å². The van der Waals surface area contributed by atoms with Crippen LogP contribution < -0.4 is 10.6 Å². The molecule has 0 spiro atoms. The first-order valence-electron chi connectivity index (χ1n) is 6.95. The molecule has 1 heterocycles. The van der Waals surface area contributed by atoms with Crippen molar-refractivity contribution >= 4 is 22.4 Å². The number of aliphatic hydroxyl groups excluding tert-OH is 1. The van der Waals surface area contributed by atoms with E-state index in [1.807, 2.05) is 6.92 Å². The van der Waals surface area contributed by atoms with Gasteiger partial charge in [-0.05, 0) is 31.5 Å². The van der Waals surface area contributed by atoms with Crippen LogP contribution in [0.2, 0.25) is 0 Å². The number of hydrogen-bond acceptors (Lipinski definition) is 5. The zero-order valence-corrected chi connectivity index (χ0v) is 13.2. The van der Waals surface area contributed by atoms with Gasteiger partial charge in [0.1, 0.15) is 11.5 Å². The summed E-state index contributed by atoms with van der Waals surface area (Å²) in [6.07, 6.45) is -0.920. The molecule has 2 aromatic rings. The van der Waals surface area contributed by atoms with Gasteiger partial charge in [-0.3, -0.25) is 4.79 Å². The first-order valence-corrected chi connectivity index (χ1v) is 7.83. The topological polar surface area (TPSA) is 74.2 Å². The van der Waals surface area contributed by atoms with Gasteiger partial charge in [0.2, 0.25) is 0 Å². The van der Waals surface area contributed by atoms with Crippen LogP contribution in [0.15, 0.2) is 29.6 Å². The highest BCUT2D eigenvalue weighted by molar-refractivity contribution is 7.13. The standard InChI is InChI=1S/C15H18FN3O2S/c1-3-17-15-19-12(8-22-15)14(21)18-9(2)13(20)10-4-6-11(16)7-5-10/h4-9,13,20H,3H2,1-2H3,(H,17,19)(H,18,21). The van der Waals surface area contributed by atoms with E-state index in [9.17, 15) is 14.3 Å². The average molecular weight is 323 g/mol. The SMILES string of the molecule is CCNc1nc(C(=O)NC(C)C(O)c2ccc(F)cc2)cs1. The smallest absolute Gasteiger partial charge is 0.271 e. The van der Waals surface area contributed by atoms with Crippen LogP contribution in [0.5, 0.6) is 0 Å². The largest absolute Gasteiger partial charge is 0.386 e. The molecule has 118 valence electrons. The third-order valence-corrected chi connectivity index (χ3v) is 3.91. The van der Waals surface area contributed by atoms with E-state index < -0.39 is 12.1 Å². The molecule has 2 atom stereocenters. The number of halogens is 1. The number of nitrogens with zero attached hydrogens (tertiary/aromatic N) is 1. The van der Waals surface area contributed by atoms with Gasteiger partial charge in [0.25, 0.3) is 5.91 Å². The van der Waals surface area contributed by atoms with Crippen LogP contribution in [0.1, 0.15) is 36.0 Å². The number of rotatable bonds is 6. The molecular formula is C15H18FN3O2S. The Hall–Kier alpha value is -1.99. The summed E-state index contributed by atoms with van der Waals surface area (Å²) < 4.78 is 12.9. The molecule has 0 aliphatic rings. The number of anilines is 1. The Morgan fingerprint density at radius 3 is 2.73 bits per heavy atom. The number of aliphatic hydroxyl groups is 1. The van der Waals surface area contributed by atoms with E-state index in [-0.39, 0.29) is 11.7 Å². The van der Waals surface area contributed by atoms with E-state index in [1.165, 1.54) is 35.6 Å². The fourth-order valence-corrected chi connectivity index (χ4v) is 2.68. The lowest BCUT2D eigenvalue weighted by Crippen LogP contribution is -2.37. The van der Waals surface area contributed by atoms with E-state index in [4.69, 9.17) is 0 Å². The normalized spacial score (nSPS) is 13.5. The van der Waals surface area contributed by atoms with Crippen molar-refractivity contribution in [2.45, 2.75) is 26.0 Å². The van der Waals surface area contributed by atoms with E-state index in [0.29, 0.717) is 16.4 Å². The van der Waals surface area contributed by atoms with Gasteiger partial charge in [-0.15, -0.1) is 11.3 Å². The molecular weight excluding hydrogens is 305 g/mol. The lowest BCUT2D eigenvalue weighted by molar-refractivity contribution is 0.0848. The number of thiazole rings is 1. The van der Waals surface area contributed by atoms with Gasteiger partial charge in [-0.25, -0.2) is 9.37 Å². The summed E-state index contributed by atoms with van der Waals surface area (Å²) in [7, 11) is 0. The Kier molecular flexibility index (Phi) is 5.46. The van der Waals surface area contributed by atoms with Crippen molar-refractivity contribution in [3.8, 4) is 0 Å². The maximum Gasteiger partial charge on any atom is 0.271 e. The molecule has 0 saturated carbocycles. The third kappa shape index (κ3) is 4.02. The molecule has 7 heteroatoms. The fraction of sp³-hybridized carbons (Fsp3) is 0.333. The minimum absolute atomic E-state index is 0.305. The predicted octanol–water partition coefficient (Wildman–Crippen LogP) is 2.57. The second-order valence-corrected chi connectivity index (χ2v) is 5.68. The van der Waals surface area contributed by atoms with Crippen LogP contribution in [-0.2, 0) is 0 Å². The Labute approximate surface area is 132 Å². The summed E-state index contributed by atoms with van der Waals surface area (Å²) in [5.74, 6) is -0.722. The van der Waals surface area contributed by atoms with Crippen molar-refractivity contribution in [1.29, 1.82) is 0 Å². The summed E-state index contributed by atoms with van der Waals surface area (Å²) in [6, 6.07) is 5.01. The molecule has 5 nitrogen and oxygen atoms in total. The lowest BCUT2D eigenvalue weighted by atomic mass is 10.0. The predicted molar refractivity (Wildman–Crippen MR) is 84.6 cm³/mol. The first kappa shape index (κ1) is 16.4. The number of amides is 1. The molecule has 2 rings (SSSR count). The molecule has 1 aromatic heterocycles. The van der Waals surface area contributed by atoms with E-state index in [0.717, 1.165) is 6.54 Å². The second-order valence-electron chi connectivity index (χ2n) is 4.83. The monoisotopic (exact) mass is 323 g/mol. The molecule has 0 radical (unpaired) electrons. The van der Waals surface area contributed by atoms with Crippen molar-refractivity contribution in [1.82, 2.24) is 10.3 Å². The second kappa shape index (κ2) is 7.33. The molecule has 1 amide bonds. The van der Waals surface area contributed by atoms with Gasteiger partial charge >= 0.3 is 0 Å². The Balaban J connectivity index is 1.99. The minimum Gasteiger partial charge on any atom is -0.386 e. The van der Waals surface area contributed by atoms with Crippen molar-refractivity contribution in [2.75, 3.05) is 11.9 Å². The first-order chi connectivity index (χ1) is 10.5. The molecule has 22 heavy (non-hydrogen) atoms. The van der Waals surface area contributed by atoms with Crippen LogP contribution in [0.4, 0.5) is 9.52 Å². The molecule has 0 saturated heterocycles. The molecule has 0 fully saturated rings. The van der Waals surface area contributed by atoms with Crippen LogP contribution in [0, 0.1) is 5.82 Å². The third-order valence-electron chi connectivity index (χ3n) is 3.11. The van der Waals surface area contributed by atoms with Crippen molar-refractivity contribution in [3.63, 3.8) is 0 Å². The van der Waals surface area contributed by atoms with Crippen molar-refractivity contribution < 1.29 is 14.3 Å². The lowest BCUT2D eigenvalue weighted by Gasteiger charge is -2.20. The highest BCUT2D eigenvalue weighted by atomic mass is 32.1. The summed E-state index contributed by atoms with van der Waals surface area (Å²) in [5.41, 5.74) is 0.847.